The summed E-state index contributed by atoms with van der Waals surface area (Å²) in [5, 5.41) is 0. The second-order valence-electron chi connectivity index (χ2n) is 6.40. The van der Waals surface area contributed by atoms with E-state index in [-0.39, 0.29) is 6.10 Å². The largest absolute Gasteiger partial charge is 0.368 e. The maximum absolute atomic E-state index is 5.93. The summed E-state index contributed by atoms with van der Waals surface area (Å²) in [6.45, 7) is 7.68. The van der Waals surface area contributed by atoms with E-state index in [1.54, 1.807) is 0 Å². The normalized spacial score (nSPS) is 19.3. The van der Waals surface area contributed by atoms with Crippen LogP contribution in [-0.2, 0) is 24.8 Å². The van der Waals surface area contributed by atoms with Gasteiger partial charge in [-0.2, -0.15) is 0 Å². The summed E-state index contributed by atoms with van der Waals surface area (Å²) in [6.07, 6.45) is 7.49. The Morgan fingerprint density at radius 2 is 2.30 bits per heavy atom. The van der Waals surface area contributed by atoms with Crippen LogP contribution in [0.5, 0.6) is 0 Å². The highest BCUT2D eigenvalue weighted by Gasteiger charge is 2.25. The van der Waals surface area contributed by atoms with E-state index >= 15 is 0 Å². The van der Waals surface area contributed by atoms with Gasteiger partial charge in [-0.25, -0.2) is 9.97 Å². The molecular weight excluding hydrogens is 290 g/mol. The molecule has 1 saturated heterocycles. The van der Waals surface area contributed by atoms with Crippen LogP contribution in [0.15, 0.2) is 12.4 Å². The molecule has 0 bridgehead atoms. The number of morpholine rings is 1. The Kier molecular flexibility index (Phi) is 5.13. The number of nitrogens with one attached hydrogen (secondary N) is 1. The van der Waals surface area contributed by atoms with Crippen molar-refractivity contribution >= 4 is 0 Å². The standard InChI is InChI=1S/C17H27N5O/c1-4-5-6-16-18-9-14(20-16)11-22-7-8-23-15(12-22)17-19-13(2)10-21(17)3/h9-10,15H,4-8,11-12H2,1-3H3,(H,18,20)/t15-/m0/s1. The topological polar surface area (TPSA) is 59.0 Å². The van der Waals surface area contributed by atoms with Crippen molar-refractivity contribution in [3.63, 3.8) is 0 Å². The van der Waals surface area contributed by atoms with Gasteiger partial charge < -0.3 is 14.3 Å². The molecule has 126 valence electrons. The first-order chi connectivity index (χ1) is 11.2. The molecule has 1 aliphatic heterocycles. The predicted molar refractivity (Wildman–Crippen MR) is 89.1 cm³/mol. The number of hydrogen-bond acceptors (Lipinski definition) is 4. The molecule has 6 nitrogen and oxygen atoms in total. The zero-order valence-corrected chi connectivity index (χ0v) is 14.4. The number of aromatic nitrogens is 4. The first-order valence-electron chi connectivity index (χ1n) is 8.52. The summed E-state index contributed by atoms with van der Waals surface area (Å²) in [7, 11) is 2.03. The molecule has 0 aromatic carbocycles. The number of imidazole rings is 2. The minimum atomic E-state index is 0.0462. The second-order valence-corrected chi connectivity index (χ2v) is 6.40. The van der Waals surface area contributed by atoms with Gasteiger partial charge in [-0.15, -0.1) is 0 Å². The van der Waals surface area contributed by atoms with E-state index in [9.17, 15) is 0 Å². The second kappa shape index (κ2) is 7.27. The van der Waals surface area contributed by atoms with E-state index in [4.69, 9.17) is 4.74 Å². The van der Waals surface area contributed by atoms with Gasteiger partial charge in [0.05, 0.1) is 12.3 Å². The fraction of sp³-hybridized carbons (Fsp3) is 0.647. The summed E-state index contributed by atoms with van der Waals surface area (Å²) in [4.78, 5) is 15.0. The highest BCUT2D eigenvalue weighted by atomic mass is 16.5. The fourth-order valence-electron chi connectivity index (χ4n) is 3.13. The summed E-state index contributed by atoms with van der Waals surface area (Å²) < 4.78 is 8.01. The van der Waals surface area contributed by atoms with Crippen LogP contribution in [0.25, 0.3) is 0 Å². The molecule has 2 aromatic heterocycles. The Morgan fingerprint density at radius 3 is 3.04 bits per heavy atom. The van der Waals surface area contributed by atoms with Crippen LogP contribution in [0.1, 0.15) is 48.9 Å². The third kappa shape index (κ3) is 4.00. The molecule has 0 amide bonds. The third-order valence-corrected chi connectivity index (χ3v) is 4.31. The zero-order chi connectivity index (χ0) is 16.2. The molecule has 3 rings (SSSR count). The van der Waals surface area contributed by atoms with Gasteiger partial charge in [-0.1, -0.05) is 13.3 Å². The van der Waals surface area contributed by atoms with Gasteiger partial charge in [0.25, 0.3) is 0 Å². The van der Waals surface area contributed by atoms with Crippen LogP contribution in [0, 0.1) is 6.92 Å². The lowest BCUT2D eigenvalue weighted by molar-refractivity contribution is -0.0387. The van der Waals surface area contributed by atoms with Crippen molar-refractivity contribution in [2.75, 3.05) is 19.7 Å². The maximum atomic E-state index is 5.93. The van der Waals surface area contributed by atoms with Gasteiger partial charge in [-0.3, -0.25) is 4.90 Å². The predicted octanol–water partition coefficient (Wildman–Crippen LogP) is 2.37. The minimum Gasteiger partial charge on any atom is -0.368 e. The van der Waals surface area contributed by atoms with E-state index < -0.39 is 0 Å². The Labute approximate surface area is 137 Å². The first-order valence-corrected chi connectivity index (χ1v) is 8.52. The molecule has 0 aliphatic carbocycles. The molecule has 23 heavy (non-hydrogen) atoms. The van der Waals surface area contributed by atoms with Crippen LogP contribution < -0.4 is 0 Å². The van der Waals surface area contributed by atoms with Gasteiger partial charge >= 0.3 is 0 Å². The van der Waals surface area contributed by atoms with Crippen molar-refractivity contribution in [1.29, 1.82) is 0 Å². The van der Waals surface area contributed by atoms with Gasteiger partial charge in [0.2, 0.25) is 0 Å². The van der Waals surface area contributed by atoms with Gasteiger partial charge in [0.15, 0.2) is 0 Å². The molecule has 1 fully saturated rings. The number of ether oxygens (including phenoxy) is 1. The van der Waals surface area contributed by atoms with Crippen molar-refractivity contribution in [3.05, 3.63) is 35.4 Å². The van der Waals surface area contributed by atoms with Gasteiger partial charge in [0, 0.05) is 51.2 Å². The lowest BCUT2D eigenvalue weighted by Crippen LogP contribution is -2.38. The molecule has 1 N–H and O–H groups in total. The van der Waals surface area contributed by atoms with Crippen LogP contribution >= 0.6 is 0 Å². The van der Waals surface area contributed by atoms with Gasteiger partial charge in [0.1, 0.15) is 17.8 Å². The lowest BCUT2D eigenvalue weighted by atomic mass is 10.2. The Bertz CT molecular complexity index is 633. The van der Waals surface area contributed by atoms with Crippen LogP contribution in [-0.4, -0.2) is 44.1 Å². The summed E-state index contributed by atoms with van der Waals surface area (Å²) in [6, 6.07) is 0. The molecule has 0 unspecified atom stereocenters. The number of H-pyrrole nitrogens is 1. The molecule has 2 aromatic rings. The van der Waals surface area contributed by atoms with Crippen molar-refractivity contribution in [2.24, 2.45) is 7.05 Å². The maximum Gasteiger partial charge on any atom is 0.139 e. The molecule has 3 heterocycles. The monoisotopic (exact) mass is 317 g/mol. The van der Waals surface area contributed by atoms with Crippen molar-refractivity contribution in [1.82, 2.24) is 24.4 Å². The quantitative estimate of drug-likeness (QED) is 0.888. The van der Waals surface area contributed by atoms with Crippen molar-refractivity contribution in [3.8, 4) is 0 Å². The van der Waals surface area contributed by atoms with E-state index in [1.165, 1.54) is 18.5 Å². The number of hydrogen-bond donors (Lipinski definition) is 1. The summed E-state index contributed by atoms with van der Waals surface area (Å²) >= 11 is 0. The average molecular weight is 317 g/mol. The molecule has 1 atom stereocenters. The van der Waals surface area contributed by atoms with Crippen LogP contribution in [0.3, 0.4) is 0 Å². The van der Waals surface area contributed by atoms with Crippen molar-refractivity contribution in [2.45, 2.75) is 45.8 Å². The Hall–Kier alpha value is -1.66. The van der Waals surface area contributed by atoms with Crippen LogP contribution in [0.4, 0.5) is 0 Å². The van der Waals surface area contributed by atoms with Crippen molar-refractivity contribution < 1.29 is 4.74 Å². The van der Waals surface area contributed by atoms with E-state index in [0.29, 0.717) is 0 Å². The van der Waals surface area contributed by atoms with Gasteiger partial charge in [-0.05, 0) is 13.3 Å². The number of rotatable bonds is 6. The summed E-state index contributed by atoms with van der Waals surface area (Å²) in [5.74, 6) is 2.12. The SMILES string of the molecule is CCCCc1ncc(CN2CCO[C@H](c3nc(C)cn3C)C2)[nH]1. The average Bonchev–Trinajstić information content (AvgIpc) is 3.11. The molecule has 6 heteroatoms. The van der Waals surface area contributed by atoms with E-state index in [0.717, 1.165) is 50.0 Å². The number of aryl methyl sites for hydroxylation is 3. The molecule has 0 spiro atoms. The third-order valence-electron chi connectivity index (χ3n) is 4.31. The molecular formula is C17H27N5O. The number of unbranched alkanes of at least 4 members (excludes halogenated alkanes) is 1. The molecule has 0 radical (unpaired) electrons. The fourth-order valence-corrected chi connectivity index (χ4v) is 3.13. The molecule has 1 aliphatic rings. The summed E-state index contributed by atoms with van der Waals surface area (Å²) in [5.41, 5.74) is 2.23. The zero-order valence-electron chi connectivity index (χ0n) is 14.4. The minimum absolute atomic E-state index is 0.0462. The highest BCUT2D eigenvalue weighted by molar-refractivity contribution is 5.06. The molecule has 0 saturated carbocycles. The lowest BCUT2D eigenvalue weighted by Gasteiger charge is -2.32. The smallest absolute Gasteiger partial charge is 0.139 e. The first kappa shape index (κ1) is 16.2. The highest BCUT2D eigenvalue weighted by Crippen LogP contribution is 2.22. The van der Waals surface area contributed by atoms with E-state index in [2.05, 4.69) is 31.3 Å². The van der Waals surface area contributed by atoms with Crippen LogP contribution in [0.2, 0.25) is 0 Å². The Balaban J connectivity index is 1.60. The number of nitrogens with zero attached hydrogens (tertiary/aromatic N) is 4. The number of aromatic amines is 1. The van der Waals surface area contributed by atoms with E-state index in [1.807, 2.05) is 26.4 Å². The Morgan fingerprint density at radius 1 is 1.43 bits per heavy atom.